The number of H-pyrrole nitrogens is 1. The quantitative estimate of drug-likeness (QED) is 0.375. The Morgan fingerprint density at radius 2 is 1.97 bits per heavy atom. The van der Waals surface area contributed by atoms with Crippen molar-refractivity contribution in [1.29, 1.82) is 0 Å². The van der Waals surface area contributed by atoms with E-state index < -0.39 is 15.7 Å². The van der Waals surface area contributed by atoms with Gasteiger partial charge in [0.05, 0.1) is 24.9 Å². The van der Waals surface area contributed by atoms with E-state index in [1.165, 1.54) is 17.6 Å². The Morgan fingerprint density at radius 1 is 1.22 bits per heavy atom. The minimum Gasteiger partial charge on any atom is -0.497 e. The Kier molecular flexibility index (Phi) is 8.99. The molecule has 1 aliphatic carbocycles. The number of nitrogens with one attached hydrogen (secondary N) is 2. The number of carbonyl (C=O) groups excluding carboxylic acids is 1. The summed E-state index contributed by atoms with van der Waals surface area (Å²) < 4.78 is 33.9. The van der Waals surface area contributed by atoms with E-state index in [1.807, 2.05) is 29.6 Å². The standard InChI is InChI=1S/C26H33N3O6S2/c1-34-21-5-3-4-19(12-21)13-27-25(31)23-28-24(30)22-20(16-36-26(22)29-23)15-35-14-18-8-6-17(7-9-18)10-11-37(2,32)33/h3-5,12,16-18H,6-11,13-15H2,1-2H3,(H,27,31)(H,28,29,30). The molecular weight excluding hydrogens is 514 g/mol. The van der Waals surface area contributed by atoms with Crippen LogP contribution in [0, 0.1) is 11.8 Å². The molecule has 0 aliphatic heterocycles. The van der Waals surface area contributed by atoms with Crippen molar-refractivity contribution in [2.75, 3.05) is 25.7 Å². The van der Waals surface area contributed by atoms with Gasteiger partial charge in [-0.1, -0.05) is 25.0 Å². The topological polar surface area (TPSA) is 127 Å². The molecule has 9 nitrogen and oxygen atoms in total. The van der Waals surface area contributed by atoms with Gasteiger partial charge in [0.25, 0.3) is 11.5 Å². The summed E-state index contributed by atoms with van der Waals surface area (Å²) in [5.41, 5.74) is 1.27. The molecule has 200 valence electrons. The van der Waals surface area contributed by atoms with E-state index in [-0.39, 0.29) is 23.7 Å². The van der Waals surface area contributed by atoms with Crippen molar-refractivity contribution in [3.05, 3.63) is 57.0 Å². The fourth-order valence-corrected chi connectivity index (χ4v) is 6.36. The van der Waals surface area contributed by atoms with Crippen LogP contribution >= 0.6 is 11.3 Å². The molecule has 11 heteroatoms. The molecule has 0 saturated heterocycles. The van der Waals surface area contributed by atoms with Crippen LogP contribution in [0.15, 0.2) is 34.4 Å². The van der Waals surface area contributed by atoms with Gasteiger partial charge >= 0.3 is 0 Å². The molecule has 1 aliphatic rings. The molecule has 1 fully saturated rings. The van der Waals surface area contributed by atoms with E-state index in [0.29, 0.717) is 41.0 Å². The van der Waals surface area contributed by atoms with Crippen LogP contribution in [0.2, 0.25) is 0 Å². The number of thiophene rings is 1. The lowest BCUT2D eigenvalue weighted by Gasteiger charge is -2.28. The third-order valence-electron chi connectivity index (χ3n) is 6.80. The van der Waals surface area contributed by atoms with Crippen LogP contribution in [0.25, 0.3) is 10.2 Å². The van der Waals surface area contributed by atoms with Crippen LogP contribution in [0.5, 0.6) is 5.75 Å². The molecule has 0 atom stereocenters. The lowest BCUT2D eigenvalue weighted by molar-refractivity contribution is 0.0675. The van der Waals surface area contributed by atoms with Gasteiger partial charge in [-0.2, -0.15) is 0 Å². The lowest BCUT2D eigenvalue weighted by Crippen LogP contribution is -2.27. The summed E-state index contributed by atoms with van der Waals surface area (Å²) in [5, 5.41) is 5.09. The average Bonchev–Trinajstić information content (AvgIpc) is 3.30. The summed E-state index contributed by atoms with van der Waals surface area (Å²) in [6.07, 6.45) is 6.13. The first-order valence-electron chi connectivity index (χ1n) is 12.4. The molecule has 2 N–H and O–H groups in total. The fraction of sp³-hybridized carbons (Fsp3) is 0.500. The highest BCUT2D eigenvalue weighted by Gasteiger charge is 2.23. The summed E-state index contributed by atoms with van der Waals surface area (Å²) in [4.78, 5) is 32.9. The van der Waals surface area contributed by atoms with Crippen LogP contribution < -0.4 is 15.6 Å². The van der Waals surface area contributed by atoms with Crippen molar-refractivity contribution in [2.24, 2.45) is 11.8 Å². The predicted molar refractivity (Wildman–Crippen MR) is 144 cm³/mol. The molecule has 2 heterocycles. The molecular formula is C26H33N3O6S2. The van der Waals surface area contributed by atoms with Gasteiger partial charge in [0.15, 0.2) is 0 Å². The molecule has 1 saturated carbocycles. The Hall–Kier alpha value is -2.76. The first kappa shape index (κ1) is 27.3. The number of fused-ring (bicyclic) bond motifs is 1. The second-order valence-corrected chi connectivity index (χ2v) is 12.8. The normalized spacial score (nSPS) is 18.1. The number of ether oxygens (including phenoxy) is 2. The van der Waals surface area contributed by atoms with Crippen molar-refractivity contribution in [3.8, 4) is 5.75 Å². The van der Waals surface area contributed by atoms with Gasteiger partial charge in [-0.25, -0.2) is 13.4 Å². The minimum absolute atomic E-state index is 0.0256. The van der Waals surface area contributed by atoms with Crippen LogP contribution in [0.3, 0.4) is 0 Å². The summed E-state index contributed by atoms with van der Waals surface area (Å²) in [5.74, 6) is 1.39. The monoisotopic (exact) mass is 547 g/mol. The van der Waals surface area contributed by atoms with Crippen molar-refractivity contribution < 1.29 is 22.7 Å². The van der Waals surface area contributed by atoms with Gasteiger partial charge in [0.1, 0.15) is 20.4 Å². The Balaban J connectivity index is 1.29. The van der Waals surface area contributed by atoms with Gasteiger partial charge in [0.2, 0.25) is 5.82 Å². The number of methoxy groups -OCH3 is 1. The Labute approximate surface area is 220 Å². The molecule has 1 aromatic carbocycles. The Bertz CT molecular complexity index is 1390. The first-order valence-corrected chi connectivity index (χ1v) is 15.3. The molecule has 0 spiro atoms. The zero-order valence-corrected chi connectivity index (χ0v) is 22.8. The van der Waals surface area contributed by atoms with Crippen LogP contribution in [0.4, 0.5) is 0 Å². The highest BCUT2D eigenvalue weighted by Crippen LogP contribution is 2.31. The van der Waals surface area contributed by atoms with Gasteiger partial charge in [-0.3, -0.25) is 9.59 Å². The van der Waals surface area contributed by atoms with Crippen molar-refractivity contribution in [2.45, 2.75) is 45.3 Å². The van der Waals surface area contributed by atoms with Crippen molar-refractivity contribution in [3.63, 3.8) is 0 Å². The number of aromatic nitrogens is 2. The van der Waals surface area contributed by atoms with Crippen LogP contribution in [-0.4, -0.2) is 50.0 Å². The predicted octanol–water partition coefficient (Wildman–Crippen LogP) is 3.68. The zero-order chi connectivity index (χ0) is 26.4. The van der Waals surface area contributed by atoms with Gasteiger partial charge in [0, 0.05) is 25.0 Å². The van der Waals surface area contributed by atoms with E-state index in [0.717, 1.165) is 43.2 Å². The number of amides is 1. The maximum absolute atomic E-state index is 12.8. The Morgan fingerprint density at radius 3 is 2.70 bits per heavy atom. The molecule has 0 unspecified atom stereocenters. The largest absolute Gasteiger partial charge is 0.497 e. The van der Waals surface area contributed by atoms with Gasteiger partial charge in [-0.05, 0) is 54.2 Å². The summed E-state index contributed by atoms with van der Waals surface area (Å²) in [6.45, 7) is 1.19. The zero-order valence-electron chi connectivity index (χ0n) is 21.1. The summed E-state index contributed by atoms with van der Waals surface area (Å²) in [6, 6.07) is 7.37. The number of hydrogen-bond acceptors (Lipinski definition) is 8. The van der Waals surface area contributed by atoms with Gasteiger partial charge in [-0.15, -0.1) is 11.3 Å². The number of carbonyl (C=O) groups is 1. The van der Waals surface area contributed by atoms with Crippen molar-refractivity contribution in [1.82, 2.24) is 15.3 Å². The van der Waals surface area contributed by atoms with E-state index in [9.17, 15) is 18.0 Å². The maximum Gasteiger partial charge on any atom is 0.287 e. The second kappa shape index (κ2) is 12.2. The number of rotatable bonds is 11. The number of nitrogens with zero attached hydrogens (tertiary/aromatic N) is 1. The third-order valence-corrected chi connectivity index (χ3v) is 8.70. The molecule has 4 rings (SSSR count). The molecule has 3 aromatic rings. The van der Waals surface area contributed by atoms with E-state index in [2.05, 4.69) is 15.3 Å². The number of benzene rings is 1. The first-order chi connectivity index (χ1) is 17.7. The summed E-state index contributed by atoms with van der Waals surface area (Å²) in [7, 11) is -1.32. The molecule has 37 heavy (non-hydrogen) atoms. The molecule has 0 bridgehead atoms. The highest BCUT2D eigenvalue weighted by molar-refractivity contribution is 7.90. The smallest absolute Gasteiger partial charge is 0.287 e. The molecule has 0 radical (unpaired) electrons. The maximum atomic E-state index is 12.8. The van der Waals surface area contributed by atoms with E-state index >= 15 is 0 Å². The fourth-order valence-electron chi connectivity index (χ4n) is 4.67. The van der Waals surface area contributed by atoms with Crippen LogP contribution in [0.1, 0.15) is 53.8 Å². The molecule has 2 aromatic heterocycles. The third kappa shape index (κ3) is 7.62. The SMILES string of the molecule is COc1cccc(CNC(=O)c2nc3scc(COCC4CCC(CCS(C)(=O)=O)CC4)c3c(=O)[nH]2)c1. The van der Waals surface area contributed by atoms with Crippen LogP contribution in [-0.2, 0) is 27.7 Å². The van der Waals surface area contributed by atoms with Crippen molar-refractivity contribution >= 4 is 37.3 Å². The minimum atomic E-state index is -2.91. The van der Waals surface area contributed by atoms with E-state index in [4.69, 9.17) is 9.47 Å². The average molecular weight is 548 g/mol. The highest BCUT2D eigenvalue weighted by atomic mass is 32.2. The number of hydrogen-bond donors (Lipinski definition) is 2. The number of sulfone groups is 1. The summed E-state index contributed by atoms with van der Waals surface area (Å²) >= 11 is 1.32. The van der Waals surface area contributed by atoms with E-state index in [1.54, 1.807) is 7.11 Å². The second-order valence-electron chi connectivity index (χ2n) is 9.71. The lowest BCUT2D eigenvalue weighted by atomic mass is 9.81. The number of aromatic amines is 1. The van der Waals surface area contributed by atoms with Gasteiger partial charge < -0.3 is 19.8 Å². The molecule has 1 amide bonds.